The quantitative estimate of drug-likeness (QED) is 0.398. The van der Waals surface area contributed by atoms with Crippen LogP contribution < -0.4 is 15.8 Å². The van der Waals surface area contributed by atoms with Crippen molar-refractivity contribution in [1.29, 1.82) is 0 Å². The molecule has 7 nitrogen and oxygen atoms in total. The Hall–Kier alpha value is -2.32. The fourth-order valence-corrected chi connectivity index (χ4v) is 5.59. The van der Waals surface area contributed by atoms with E-state index < -0.39 is 51.0 Å². The van der Waals surface area contributed by atoms with Crippen LogP contribution in [0.25, 0.3) is 0 Å². The Morgan fingerprint density at radius 2 is 1.69 bits per heavy atom. The number of hydrogen-bond donors (Lipinski definition) is 3. The van der Waals surface area contributed by atoms with Gasteiger partial charge >= 0.3 is 6.18 Å². The molecule has 0 spiro atoms. The van der Waals surface area contributed by atoms with E-state index in [2.05, 4.69) is 15.0 Å². The van der Waals surface area contributed by atoms with Gasteiger partial charge in [0, 0.05) is 12.1 Å². The van der Waals surface area contributed by atoms with Crippen molar-refractivity contribution in [3.8, 4) is 0 Å². The standard InChI is InChI=1S/C18H19F5N4O3S2/c19-11-2-1-3-12(20)13(11)14(28)15-16(24)26-17(31-15)25-9-4-6-10(7-5-9)27-32(29,30)8-18(21,22)23/h1-3,9-10,27H,4-8,24H2,(H,25,26). The zero-order chi connectivity index (χ0) is 23.7. The van der Waals surface area contributed by atoms with Crippen molar-refractivity contribution in [2.24, 2.45) is 0 Å². The average molecular weight is 498 g/mol. The van der Waals surface area contributed by atoms with E-state index in [-0.39, 0.29) is 21.9 Å². The topological polar surface area (TPSA) is 114 Å². The molecule has 1 aliphatic carbocycles. The molecule has 1 aromatic carbocycles. The summed E-state index contributed by atoms with van der Waals surface area (Å²) < 4.78 is 90.1. The molecular formula is C18H19F5N4O3S2. The number of halogens is 5. The summed E-state index contributed by atoms with van der Waals surface area (Å²) in [5.74, 6) is -5.12. The number of carbonyl (C=O) groups excluding carboxylic acids is 1. The lowest BCUT2D eigenvalue weighted by Crippen LogP contribution is -2.43. The molecule has 0 atom stereocenters. The molecule has 176 valence electrons. The third-order valence-electron chi connectivity index (χ3n) is 4.80. The number of nitrogens with two attached hydrogens (primary N) is 1. The second kappa shape index (κ2) is 9.27. The number of nitrogens with zero attached hydrogens (tertiary/aromatic N) is 1. The molecule has 0 saturated heterocycles. The van der Waals surface area contributed by atoms with Crippen molar-refractivity contribution >= 4 is 38.1 Å². The molecule has 1 aromatic heterocycles. The van der Waals surface area contributed by atoms with Gasteiger partial charge in [-0.1, -0.05) is 17.4 Å². The number of rotatable bonds is 7. The zero-order valence-electron chi connectivity index (χ0n) is 16.4. The van der Waals surface area contributed by atoms with E-state index in [9.17, 15) is 35.2 Å². The summed E-state index contributed by atoms with van der Waals surface area (Å²) in [5, 5.41) is 3.27. The van der Waals surface area contributed by atoms with Crippen LogP contribution in [-0.4, -0.2) is 43.2 Å². The first-order valence-electron chi connectivity index (χ1n) is 9.43. The monoisotopic (exact) mass is 498 g/mol. The van der Waals surface area contributed by atoms with Gasteiger partial charge in [0.05, 0.1) is 5.56 Å². The van der Waals surface area contributed by atoms with Crippen molar-refractivity contribution in [2.45, 2.75) is 43.9 Å². The van der Waals surface area contributed by atoms with Crippen LogP contribution in [0.5, 0.6) is 0 Å². The van der Waals surface area contributed by atoms with E-state index in [0.717, 1.165) is 29.5 Å². The van der Waals surface area contributed by atoms with Gasteiger partial charge in [0.25, 0.3) is 0 Å². The molecule has 0 unspecified atom stereocenters. The highest BCUT2D eigenvalue weighted by molar-refractivity contribution is 7.89. The van der Waals surface area contributed by atoms with Crippen LogP contribution >= 0.6 is 11.3 Å². The lowest BCUT2D eigenvalue weighted by molar-refractivity contribution is -0.106. The molecule has 3 rings (SSSR count). The van der Waals surface area contributed by atoms with Crippen LogP contribution in [-0.2, 0) is 10.0 Å². The number of ketones is 1. The van der Waals surface area contributed by atoms with Crippen molar-refractivity contribution in [3.05, 3.63) is 40.3 Å². The number of nitrogen functional groups attached to an aromatic ring is 1. The lowest BCUT2D eigenvalue weighted by Gasteiger charge is -2.29. The SMILES string of the molecule is Nc1nc(NC2CCC(NS(=O)(=O)CC(F)(F)F)CC2)sc1C(=O)c1c(F)cccc1F. The number of thiazole rings is 1. The minimum atomic E-state index is -4.82. The molecule has 32 heavy (non-hydrogen) atoms. The predicted octanol–water partition coefficient (Wildman–Crippen LogP) is 3.44. The zero-order valence-corrected chi connectivity index (χ0v) is 18.0. The number of sulfonamides is 1. The molecular weight excluding hydrogens is 479 g/mol. The fraction of sp³-hybridized carbons (Fsp3) is 0.444. The number of aromatic nitrogens is 1. The average Bonchev–Trinajstić information content (AvgIpc) is 3.01. The molecule has 0 radical (unpaired) electrons. The Balaban J connectivity index is 1.60. The number of alkyl halides is 3. The van der Waals surface area contributed by atoms with E-state index >= 15 is 0 Å². The number of benzene rings is 1. The highest BCUT2D eigenvalue weighted by Crippen LogP contribution is 2.31. The second-order valence-electron chi connectivity index (χ2n) is 7.34. The summed E-state index contributed by atoms with van der Waals surface area (Å²) in [5.41, 5.74) is 5.02. The van der Waals surface area contributed by atoms with Crippen molar-refractivity contribution in [3.63, 3.8) is 0 Å². The number of hydrogen-bond acceptors (Lipinski definition) is 7. The normalized spacial score (nSPS) is 19.7. The van der Waals surface area contributed by atoms with E-state index in [1.165, 1.54) is 0 Å². The summed E-state index contributed by atoms with van der Waals surface area (Å²) in [7, 11) is -4.48. The first-order valence-corrected chi connectivity index (χ1v) is 11.9. The fourth-order valence-electron chi connectivity index (χ4n) is 3.43. The van der Waals surface area contributed by atoms with Crippen LogP contribution in [0.4, 0.5) is 32.9 Å². The number of nitrogens with one attached hydrogen (secondary N) is 2. The first-order chi connectivity index (χ1) is 14.8. The van der Waals surface area contributed by atoms with Crippen molar-refractivity contribution in [2.75, 3.05) is 16.8 Å². The molecule has 1 saturated carbocycles. The molecule has 0 aliphatic heterocycles. The van der Waals surface area contributed by atoms with Crippen LogP contribution in [0.1, 0.15) is 40.9 Å². The summed E-state index contributed by atoms with van der Waals surface area (Å²) in [6.07, 6.45) is -3.40. The Morgan fingerprint density at radius 3 is 2.25 bits per heavy atom. The lowest BCUT2D eigenvalue weighted by atomic mass is 9.92. The predicted molar refractivity (Wildman–Crippen MR) is 109 cm³/mol. The highest BCUT2D eigenvalue weighted by atomic mass is 32.2. The summed E-state index contributed by atoms with van der Waals surface area (Å²) in [4.78, 5) is 16.4. The number of carbonyl (C=O) groups is 1. The van der Waals surface area contributed by atoms with Crippen LogP contribution in [0.3, 0.4) is 0 Å². The minimum Gasteiger partial charge on any atom is -0.382 e. The first kappa shape index (κ1) is 24.3. The van der Waals surface area contributed by atoms with E-state index in [1.54, 1.807) is 0 Å². The molecule has 0 bridgehead atoms. The minimum absolute atomic E-state index is 0.134. The maximum Gasteiger partial charge on any atom is 0.404 e. The molecule has 14 heteroatoms. The number of anilines is 2. The molecule has 0 amide bonds. The van der Waals surface area contributed by atoms with Crippen molar-refractivity contribution in [1.82, 2.24) is 9.71 Å². The van der Waals surface area contributed by atoms with Gasteiger partial charge in [-0.15, -0.1) is 0 Å². The molecule has 1 heterocycles. The van der Waals surface area contributed by atoms with Crippen molar-refractivity contribution < 1.29 is 35.2 Å². The third-order valence-corrected chi connectivity index (χ3v) is 7.21. The third kappa shape index (κ3) is 6.13. The van der Waals surface area contributed by atoms with Gasteiger partial charge in [0.2, 0.25) is 15.8 Å². The highest BCUT2D eigenvalue weighted by Gasteiger charge is 2.36. The van der Waals surface area contributed by atoms with Gasteiger partial charge in [-0.25, -0.2) is 26.9 Å². The molecule has 4 N–H and O–H groups in total. The smallest absolute Gasteiger partial charge is 0.382 e. The van der Waals surface area contributed by atoms with Gasteiger partial charge in [-0.05, 0) is 37.8 Å². The largest absolute Gasteiger partial charge is 0.404 e. The summed E-state index contributed by atoms with van der Waals surface area (Å²) in [6, 6.07) is 2.21. The molecule has 1 aliphatic rings. The van der Waals surface area contributed by atoms with Gasteiger partial charge in [-0.2, -0.15) is 13.2 Å². The molecule has 2 aromatic rings. The van der Waals surface area contributed by atoms with E-state index in [1.807, 2.05) is 0 Å². The van der Waals surface area contributed by atoms with Gasteiger partial charge in [0.15, 0.2) is 10.9 Å². The second-order valence-corrected chi connectivity index (χ2v) is 10.1. The summed E-state index contributed by atoms with van der Waals surface area (Å²) in [6.45, 7) is 0. The van der Waals surface area contributed by atoms with Crippen LogP contribution in [0.15, 0.2) is 18.2 Å². The maximum absolute atomic E-state index is 13.9. The Morgan fingerprint density at radius 1 is 1.12 bits per heavy atom. The Labute approximate surface area is 184 Å². The Kier molecular flexibility index (Phi) is 7.05. The molecule has 1 fully saturated rings. The van der Waals surface area contributed by atoms with Crippen LogP contribution in [0.2, 0.25) is 0 Å². The van der Waals surface area contributed by atoms with Crippen LogP contribution in [0, 0.1) is 11.6 Å². The van der Waals surface area contributed by atoms with E-state index in [0.29, 0.717) is 25.7 Å². The van der Waals surface area contributed by atoms with E-state index in [4.69, 9.17) is 5.73 Å². The maximum atomic E-state index is 13.9. The summed E-state index contributed by atoms with van der Waals surface area (Å²) >= 11 is 0.824. The van der Waals surface area contributed by atoms with Gasteiger partial charge in [-0.3, -0.25) is 4.79 Å². The van der Waals surface area contributed by atoms with Gasteiger partial charge < -0.3 is 11.1 Å². The van der Waals surface area contributed by atoms with Gasteiger partial charge in [0.1, 0.15) is 22.3 Å². The Bertz CT molecular complexity index is 1080.